The number of halogens is 2. The van der Waals surface area contributed by atoms with Crippen molar-refractivity contribution < 1.29 is 0 Å². The van der Waals surface area contributed by atoms with E-state index in [9.17, 15) is 0 Å². The van der Waals surface area contributed by atoms with Crippen LogP contribution in [-0.2, 0) is 13.1 Å². The van der Waals surface area contributed by atoms with E-state index < -0.39 is 0 Å². The van der Waals surface area contributed by atoms with Crippen molar-refractivity contribution in [3.63, 3.8) is 0 Å². The topological polar surface area (TPSA) is 53.6 Å². The summed E-state index contributed by atoms with van der Waals surface area (Å²) in [6.07, 6.45) is 1.50. The maximum absolute atomic E-state index is 5.91. The van der Waals surface area contributed by atoms with Gasteiger partial charge in [0, 0.05) is 11.0 Å². The minimum absolute atomic E-state index is 0.667. The van der Waals surface area contributed by atoms with Crippen molar-refractivity contribution in [3.8, 4) is 0 Å². The molecule has 1 aromatic carbocycles. The van der Waals surface area contributed by atoms with E-state index in [0.29, 0.717) is 6.54 Å². The highest BCUT2D eigenvalue weighted by atomic mass is 79.9. The number of H-pyrrole nitrogens is 1. The van der Waals surface area contributed by atoms with Gasteiger partial charge < -0.3 is 5.32 Å². The maximum Gasteiger partial charge on any atom is 0.138 e. The fourth-order valence-electron chi connectivity index (χ4n) is 1.29. The molecular weight excluding hydrogens is 291 g/mol. The molecule has 0 aliphatic rings. The molecule has 16 heavy (non-hydrogen) atoms. The molecular formula is C10H10BrClN4. The van der Waals surface area contributed by atoms with Crippen molar-refractivity contribution in [2.75, 3.05) is 0 Å². The van der Waals surface area contributed by atoms with Gasteiger partial charge >= 0.3 is 0 Å². The minimum atomic E-state index is 0.667. The Kier molecular flexibility index (Phi) is 3.93. The van der Waals surface area contributed by atoms with Crippen LogP contribution in [-0.4, -0.2) is 15.2 Å². The third-order valence-corrected chi connectivity index (χ3v) is 3.28. The predicted molar refractivity (Wildman–Crippen MR) is 66.1 cm³/mol. The van der Waals surface area contributed by atoms with Crippen molar-refractivity contribution in [1.82, 2.24) is 20.5 Å². The maximum atomic E-state index is 5.91. The molecule has 0 aliphatic heterocycles. The molecule has 1 heterocycles. The number of nitrogens with one attached hydrogen (secondary N) is 2. The number of rotatable bonds is 4. The highest BCUT2D eigenvalue weighted by molar-refractivity contribution is 9.10. The van der Waals surface area contributed by atoms with Crippen LogP contribution in [0.3, 0.4) is 0 Å². The summed E-state index contributed by atoms with van der Waals surface area (Å²) in [5, 5.41) is 10.5. The molecule has 0 amide bonds. The SMILES string of the molecule is Clc1ccc(CNCc2ncn[nH]2)cc1Br. The summed E-state index contributed by atoms with van der Waals surface area (Å²) in [5.74, 6) is 0.827. The zero-order chi connectivity index (χ0) is 11.4. The van der Waals surface area contributed by atoms with E-state index in [2.05, 4.69) is 36.4 Å². The minimum Gasteiger partial charge on any atom is -0.306 e. The Morgan fingerprint density at radius 1 is 1.38 bits per heavy atom. The molecule has 0 unspecified atom stereocenters. The van der Waals surface area contributed by atoms with Gasteiger partial charge in [-0.1, -0.05) is 17.7 Å². The monoisotopic (exact) mass is 300 g/mol. The van der Waals surface area contributed by atoms with Crippen molar-refractivity contribution in [3.05, 3.63) is 45.4 Å². The first-order chi connectivity index (χ1) is 7.75. The molecule has 1 aromatic heterocycles. The molecule has 0 bridgehead atoms. The van der Waals surface area contributed by atoms with Crippen LogP contribution in [0.1, 0.15) is 11.4 Å². The van der Waals surface area contributed by atoms with Crippen LogP contribution in [0.2, 0.25) is 5.02 Å². The molecule has 0 saturated heterocycles. The van der Waals surface area contributed by atoms with E-state index in [-0.39, 0.29) is 0 Å². The highest BCUT2D eigenvalue weighted by Crippen LogP contribution is 2.23. The van der Waals surface area contributed by atoms with E-state index in [1.807, 2.05) is 18.2 Å². The normalized spacial score (nSPS) is 10.6. The van der Waals surface area contributed by atoms with E-state index in [4.69, 9.17) is 11.6 Å². The molecule has 0 fully saturated rings. The van der Waals surface area contributed by atoms with E-state index >= 15 is 0 Å². The predicted octanol–water partition coefficient (Wildman–Crippen LogP) is 2.51. The van der Waals surface area contributed by atoms with Crippen molar-refractivity contribution in [2.24, 2.45) is 0 Å². The van der Waals surface area contributed by atoms with Crippen molar-refractivity contribution in [2.45, 2.75) is 13.1 Å². The summed E-state index contributed by atoms with van der Waals surface area (Å²) < 4.78 is 0.910. The number of benzene rings is 1. The lowest BCUT2D eigenvalue weighted by Gasteiger charge is -2.04. The second-order valence-electron chi connectivity index (χ2n) is 3.28. The van der Waals surface area contributed by atoms with Gasteiger partial charge in [-0.15, -0.1) is 0 Å². The Labute approximate surface area is 107 Å². The van der Waals surface area contributed by atoms with Gasteiger partial charge in [0.25, 0.3) is 0 Å². The fourth-order valence-corrected chi connectivity index (χ4v) is 1.83. The average molecular weight is 302 g/mol. The Balaban J connectivity index is 1.87. The van der Waals surface area contributed by atoms with Crippen molar-refractivity contribution in [1.29, 1.82) is 0 Å². The zero-order valence-corrected chi connectivity index (χ0v) is 10.7. The van der Waals surface area contributed by atoms with Crippen LogP contribution in [0.15, 0.2) is 29.0 Å². The smallest absolute Gasteiger partial charge is 0.138 e. The van der Waals surface area contributed by atoms with Crippen LogP contribution in [0.5, 0.6) is 0 Å². The van der Waals surface area contributed by atoms with E-state index in [1.54, 1.807) is 0 Å². The number of aromatic amines is 1. The van der Waals surface area contributed by atoms with Crippen LogP contribution in [0.4, 0.5) is 0 Å². The molecule has 0 aliphatic carbocycles. The standard InChI is InChI=1S/C10H10BrClN4/c11-8-3-7(1-2-9(8)12)4-13-5-10-14-6-15-16-10/h1-3,6,13H,4-5H2,(H,14,15,16). The van der Waals surface area contributed by atoms with Crippen molar-refractivity contribution >= 4 is 27.5 Å². The molecule has 4 nitrogen and oxygen atoms in total. The van der Waals surface area contributed by atoms with Crippen LogP contribution in [0, 0.1) is 0 Å². The molecule has 2 rings (SSSR count). The summed E-state index contributed by atoms with van der Waals surface area (Å²) in [4.78, 5) is 4.02. The van der Waals surface area contributed by atoms with E-state index in [1.165, 1.54) is 6.33 Å². The van der Waals surface area contributed by atoms with Gasteiger partial charge in [0.15, 0.2) is 0 Å². The lowest BCUT2D eigenvalue weighted by molar-refractivity contribution is 0.664. The summed E-state index contributed by atoms with van der Waals surface area (Å²) in [7, 11) is 0. The molecule has 0 spiro atoms. The fraction of sp³-hybridized carbons (Fsp3) is 0.200. The Bertz CT molecular complexity index is 458. The Morgan fingerprint density at radius 3 is 2.94 bits per heavy atom. The molecule has 2 aromatic rings. The molecule has 2 N–H and O–H groups in total. The van der Waals surface area contributed by atoms with Gasteiger partial charge in [-0.25, -0.2) is 4.98 Å². The lowest BCUT2D eigenvalue weighted by Crippen LogP contribution is -2.13. The van der Waals surface area contributed by atoms with Gasteiger partial charge in [0.1, 0.15) is 12.2 Å². The van der Waals surface area contributed by atoms with Crippen LogP contribution in [0.25, 0.3) is 0 Å². The van der Waals surface area contributed by atoms with E-state index in [0.717, 1.165) is 27.4 Å². The summed E-state index contributed by atoms with van der Waals surface area (Å²) >= 11 is 9.29. The largest absolute Gasteiger partial charge is 0.306 e. The van der Waals surface area contributed by atoms with Gasteiger partial charge in [0.2, 0.25) is 0 Å². The third kappa shape index (κ3) is 3.04. The number of nitrogens with zero attached hydrogens (tertiary/aromatic N) is 2. The summed E-state index contributed by atoms with van der Waals surface area (Å²) in [5.41, 5.74) is 1.16. The summed E-state index contributed by atoms with van der Waals surface area (Å²) in [6, 6.07) is 5.85. The highest BCUT2D eigenvalue weighted by Gasteiger charge is 1.99. The molecule has 6 heteroatoms. The number of aromatic nitrogens is 3. The molecule has 0 atom stereocenters. The first kappa shape index (κ1) is 11.6. The van der Waals surface area contributed by atoms with Gasteiger partial charge in [0.05, 0.1) is 11.6 Å². The first-order valence-electron chi connectivity index (χ1n) is 4.74. The quantitative estimate of drug-likeness (QED) is 0.912. The molecule has 0 saturated carbocycles. The second kappa shape index (κ2) is 5.43. The van der Waals surface area contributed by atoms with Gasteiger partial charge in [-0.2, -0.15) is 5.10 Å². The molecule has 0 radical (unpaired) electrons. The number of hydrogen-bond donors (Lipinski definition) is 2. The van der Waals surface area contributed by atoms with Gasteiger partial charge in [-0.3, -0.25) is 5.10 Å². The third-order valence-electron chi connectivity index (χ3n) is 2.07. The second-order valence-corrected chi connectivity index (χ2v) is 4.55. The average Bonchev–Trinajstić information content (AvgIpc) is 2.76. The Morgan fingerprint density at radius 2 is 2.25 bits per heavy atom. The van der Waals surface area contributed by atoms with Crippen LogP contribution < -0.4 is 5.32 Å². The lowest BCUT2D eigenvalue weighted by atomic mass is 10.2. The van der Waals surface area contributed by atoms with Gasteiger partial charge in [-0.05, 0) is 33.6 Å². The number of hydrogen-bond acceptors (Lipinski definition) is 3. The molecule has 84 valence electrons. The first-order valence-corrected chi connectivity index (χ1v) is 5.91. The summed E-state index contributed by atoms with van der Waals surface area (Å²) in [6.45, 7) is 1.43. The Hall–Kier alpha value is -0.910. The zero-order valence-electron chi connectivity index (χ0n) is 8.37. The van der Waals surface area contributed by atoms with Crippen LogP contribution >= 0.6 is 27.5 Å².